The first-order chi connectivity index (χ1) is 10.3. The van der Waals surface area contributed by atoms with Gasteiger partial charge in [-0.05, 0) is 19.9 Å². The van der Waals surface area contributed by atoms with Gasteiger partial charge in [0.25, 0.3) is 5.91 Å². The minimum atomic E-state index is -0.778. The Morgan fingerprint density at radius 1 is 1.41 bits per heavy atom. The first-order valence-corrected chi connectivity index (χ1v) is 7.35. The van der Waals surface area contributed by atoms with Crippen molar-refractivity contribution in [1.29, 1.82) is 0 Å². The number of carbonyl (C=O) groups is 1. The summed E-state index contributed by atoms with van der Waals surface area (Å²) in [5.74, 6) is -1.19. The lowest BCUT2D eigenvalue weighted by Gasteiger charge is -2.26. The van der Waals surface area contributed by atoms with E-state index in [1.54, 1.807) is 22.8 Å². The lowest BCUT2D eigenvalue weighted by Crippen LogP contribution is -2.36. The Bertz CT molecular complexity index is 702. The molecule has 0 unspecified atom stereocenters. The van der Waals surface area contributed by atoms with Crippen LogP contribution in [0.3, 0.4) is 0 Å². The molecule has 0 saturated carbocycles. The van der Waals surface area contributed by atoms with Gasteiger partial charge in [-0.3, -0.25) is 9.48 Å². The van der Waals surface area contributed by atoms with E-state index in [4.69, 9.17) is 23.2 Å². The molecule has 118 valence electrons. The van der Waals surface area contributed by atoms with Gasteiger partial charge in [0.05, 0.1) is 11.8 Å². The summed E-state index contributed by atoms with van der Waals surface area (Å²) in [7, 11) is 1.79. The number of rotatable bonds is 4. The smallest absolute Gasteiger partial charge is 0.257 e. The highest BCUT2D eigenvalue weighted by atomic mass is 35.5. The number of pyridine rings is 1. The van der Waals surface area contributed by atoms with E-state index in [9.17, 15) is 9.18 Å². The van der Waals surface area contributed by atoms with Crippen LogP contribution in [0.4, 0.5) is 4.39 Å². The van der Waals surface area contributed by atoms with Crippen LogP contribution in [-0.4, -0.2) is 31.6 Å². The van der Waals surface area contributed by atoms with Gasteiger partial charge in [-0.15, -0.1) is 0 Å². The molecule has 22 heavy (non-hydrogen) atoms. The maximum Gasteiger partial charge on any atom is 0.257 e. The number of halogens is 3. The van der Waals surface area contributed by atoms with Crippen molar-refractivity contribution < 1.29 is 9.18 Å². The summed E-state index contributed by atoms with van der Waals surface area (Å²) in [6, 6.07) is 0.904. The lowest BCUT2D eigenvalue weighted by atomic mass is 10.2. The molecule has 0 aliphatic heterocycles. The molecule has 0 saturated heterocycles. The molecule has 0 atom stereocenters. The summed E-state index contributed by atoms with van der Waals surface area (Å²) < 4.78 is 15.2. The zero-order chi connectivity index (χ0) is 16.4. The molecule has 1 amide bonds. The number of hydrogen-bond donors (Lipinski definition) is 0. The minimum absolute atomic E-state index is 0.0128. The average molecular weight is 345 g/mol. The SMILES string of the molecule is CC(C)N(Cc1cnn(C)c1)C(=O)c1cc(F)c(Cl)nc1Cl. The van der Waals surface area contributed by atoms with Gasteiger partial charge in [-0.2, -0.15) is 5.10 Å². The molecule has 0 aliphatic carbocycles. The quantitative estimate of drug-likeness (QED) is 0.799. The average Bonchev–Trinajstić information content (AvgIpc) is 2.84. The molecule has 2 aromatic heterocycles. The van der Waals surface area contributed by atoms with Crippen LogP contribution in [0.2, 0.25) is 10.3 Å². The van der Waals surface area contributed by atoms with Crippen molar-refractivity contribution in [3.05, 3.63) is 45.7 Å². The second-order valence-electron chi connectivity index (χ2n) is 5.15. The van der Waals surface area contributed by atoms with Crippen LogP contribution in [0, 0.1) is 5.82 Å². The van der Waals surface area contributed by atoms with E-state index < -0.39 is 11.7 Å². The maximum absolute atomic E-state index is 13.6. The van der Waals surface area contributed by atoms with Gasteiger partial charge in [-0.1, -0.05) is 23.2 Å². The van der Waals surface area contributed by atoms with Gasteiger partial charge in [0.15, 0.2) is 11.0 Å². The van der Waals surface area contributed by atoms with Gasteiger partial charge in [-0.25, -0.2) is 9.37 Å². The number of amides is 1. The molecule has 0 aromatic carbocycles. The third-order valence-electron chi connectivity index (χ3n) is 3.11. The van der Waals surface area contributed by atoms with Gasteiger partial charge < -0.3 is 4.90 Å². The molecule has 0 radical (unpaired) electrons. The van der Waals surface area contributed by atoms with E-state index in [1.807, 2.05) is 20.0 Å². The van der Waals surface area contributed by atoms with Crippen LogP contribution in [-0.2, 0) is 13.6 Å². The van der Waals surface area contributed by atoms with Crippen molar-refractivity contribution in [3.8, 4) is 0 Å². The fourth-order valence-electron chi connectivity index (χ4n) is 1.99. The summed E-state index contributed by atoms with van der Waals surface area (Å²) in [5.41, 5.74) is 0.851. The normalized spacial score (nSPS) is 11.0. The minimum Gasteiger partial charge on any atom is -0.332 e. The second-order valence-corrected chi connectivity index (χ2v) is 5.86. The maximum atomic E-state index is 13.6. The number of hydrogen-bond acceptors (Lipinski definition) is 3. The van der Waals surface area contributed by atoms with Crippen LogP contribution in [0.25, 0.3) is 0 Å². The lowest BCUT2D eigenvalue weighted by molar-refractivity contribution is 0.0689. The predicted octanol–water partition coefficient (Wildman–Crippen LogP) is 3.31. The van der Waals surface area contributed by atoms with Crippen molar-refractivity contribution >= 4 is 29.1 Å². The zero-order valence-corrected chi connectivity index (χ0v) is 13.9. The molecule has 2 aromatic rings. The molecule has 0 spiro atoms. The van der Waals surface area contributed by atoms with Crippen LogP contribution < -0.4 is 0 Å². The van der Waals surface area contributed by atoms with Gasteiger partial charge in [0, 0.05) is 31.4 Å². The monoisotopic (exact) mass is 344 g/mol. The van der Waals surface area contributed by atoms with E-state index in [0.29, 0.717) is 6.54 Å². The van der Waals surface area contributed by atoms with Crippen LogP contribution in [0.1, 0.15) is 29.8 Å². The molecular formula is C14H15Cl2FN4O. The Hall–Kier alpha value is -1.66. The van der Waals surface area contributed by atoms with Crippen molar-refractivity contribution in [2.24, 2.45) is 7.05 Å². The first kappa shape index (κ1) is 16.7. The van der Waals surface area contributed by atoms with Crippen molar-refractivity contribution in [2.75, 3.05) is 0 Å². The predicted molar refractivity (Wildman–Crippen MR) is 82.4 cm³/mol. The van der Waals surface area contributed by atoms with Crippen LogP contribution in [0.5, 0.6) is 0 Å². The molecular weight excluding hydrogens is 330 g/mol. The van der Waals surface area contributed by atoms with E-state index in [-0.39, 0.29) is 21.9 Å². The van der Waals surface area contributed by atoms with Crippen LogP contribution >= 0.6 is 23.2 Å². The summed E-state index contributed by atoms with van der Waals surface area (Å²) in [6.07, 6.45) is 3.48. The summed E-state index contributed by atoms with van der Waals surface area (Å²) in [5, 5.41) is 3.59. The Balaban J connectivity index is 2.32. The van der Waals surface area contributed by atoms with Crippen molar-refractivity contribution in [2.45, 2.75) is 26.4 Å². The molecule has 2 heterocycles. The highest BCUT2D eigenvalue weighted by molar-refractivity contribution is 6.34. The first-order valence-electron chi connectivity index (χ1n) is 6.59. The number of nitrogens with zero attached hydrogens (tertiary/aromatic N) is 4. The highest BCUT2D eigenvalue weighted by Crippen LogP contribution is 2.23. The van der Waals surface area contributed by atoms with Crippen molar-refractivity contribution in [1.82, 2.24) is 19.7 Å². The summed E-state index contributed by atoms with van der Waals surface area (Å²) in [6.45, 7) is 4.06. The second kappa shape index (κ2) is 6.62. The third-order valence-corrected chi connectivity index (χ3v) is 3.67. The molecule has 2 rings (SSSR count). The van der Waals surface area contributed by atoms with E-state index in [1.165, 1.54) is 0 Å². The van der Waals surface area contributed by atoms with Crippen molar-refractivity contribution in [3.63, 3.8) is 0 Å². The van der Waals surface area contributed by atoms with E-state index in [2.05, 4.69) is 10.1 Å². The Labute approximate surface area is 137 Å². The number of carbonyl (C=O) groups excluding carboxylic acids is 1. The molecule has 0 aliphatic rings. The van der Waals surface area contributed by atoms with E-state index >= 15 is 0 Å². The van der Waals surface area contributed by atoms with Gasteiger partial charge in [0.1, 0.15) is 5.15 Å². The fraction of sp³-hybridized carbons (Fsp3) is 0.357. The zero-order valence-electron chi connectivity index (χ0n) is 12.3. The highest BCUT2D eigenvalue weighted by Gasteiger charge is 2.24. The van der Waals surface area contributed by atoms with Gasteiger partial charge >= 0.3 is 0 Å². The largest absolute Gasteiger partial charge is 0.332 e. The van der Waals surface area contributed by atoms with Gasteiger partial charge in [0.2, 0.25) is 0 Å². The summed E-state index contributed by atoms with van der Waals surface area (Å²) >= 11 is 11.5. The van der Waals surface area contributed by atoms with Crippen LogP contribution in [0.15, 0.2) is 18.5 Å². The topological polar surface area (TPSA) is 51.0 Å². The molecule has 0 bridgehead atoms. The van der Waals surface area contributed by atoms with E-state index in [0.717, 1.165) is 11.6 Å². The molecule has 0 fully saturated rings. The third kappa shape index (κ3) is 3.56. The molecule has 5 nitrogen and oxygen atoms in total. The molecule has 0 N–H and O–H groups in total. The fourth-order valence-corrected chi connectivity index (χ4v) is 2.39. The Kier molecular flexibility index (Phi) is 5.03. The molecule has 8 heteroatoms. The summed E-state index contributed by atoms with van der Waals surface area (Å²) in [4.78, 5) is 17.8. The standard InChI is InChI=1S/C14H15Cl2FN4O/c1-8(2)21(7-9-5-18-20(3)6-9)14(22)10-4-11(17)13(16)19-12(10)15/h4-6,8H,7H2,1-3H3. The Morgan fingerprint density at radius 2 is 2.09 bits per heavy atom. The number of aryl methyl sites for hydroxylation is 1. The number of aromatic nitrogens is 3. The Morgan fingerprint density at radius 3 is 2.64 bits per heavy atom.